The number of hydrogen-bond donors (Lipinski definition) is 1. The second kappa shape index (κ2) is 18.3. The molecule has 0 aliphatic carbocycles. The predicted molar refractivity (Wildman–Crippen MR) is 125 cm³/mol. The SMILES string of the molecule is N#CC#Cc1ccc(C(=O)O)cc1.N#CC#Cc1ccc(C(=O)Oc2c(F)c(F)[c-]c(F)c2F)cc1.O=S(=O)=O.[Na+]. The van der Waals surface area contributed by atoms with Crippen LogP contribution >= 0.6 is 0 Å². The number of carboxylic acid groups (broad SMARTS) is 1. The molecule has 0 fully saturated rings. The van der Waals surface area contributed by atoms with E-state index in [4.69, 9.17) is 28.3 Å². The Morgan fingerprint density at radius 1 is 0.756 bits per heavy atom. The normalized spacial score (nSPS) is 8.44. The van der Waals surface area contributed by atoms with E-state index in [1.807, 2.05) is 0 Å². The maximum atomic E-state index is 13.4. The van der Waals surface area contributed by atoms with Crippen LogP contribution in [0.3, 0.4) is 0 Å². The molecular formula is C26H9F4N2NaO7S. The van der Waals surface area contributed by atoms with Crippen LogP contribution in [0.1, 0.15) is 31.8 Å². The van der Waals surface area contributed by atoms with Gasteiger partial charge in [-0.25, -0.2) is 18.4 Å². The van der Waals surface area contributed by atoms with Gasteiger partial charge in [-0.1, -0.05) is 11.8 Å². The second-order valence-electron chi connectivity index (χ2n) is 6.49. The topological polar surface area (TPSA) is 162 Å². The number of benzene rings is 3. The van der Waals surface area contributed by atoms with Crippen LogP contribution in [0.2, 0.25) is 0 Å². The van der Waals surface area contributed by atoms with E-state index in [0.29, 0.717) is 11.1 Å². The third kappa shape index (κ3) is 12.6. The van der Waals surface area contributed by atoms with Gasteiger partial charge in [0, 0.05) is 23.0 Å². The summed E-state index contributed by atoms with van der Waals surface area (Å²) in [5.41, 5.74) is 1.11. The second-order valence-corrected chi connectivity index (χ2v) is 6.90. The van der Waals surface area contributed by atoms with Crippen LogP contribution in [0.5, 0.6) is 5.75 Å². The number of carbonyl (C=O) groups is 2. The molecule has 0 heterocycles. The number of hydrogen-bond acceptors (Lipinski definition) is 8. The quantitative estimate of drug-likeness (QED) is 0.0863. The summed E-state index contributed by atoms with van der Waals surface area (Å²) >= 11 is 0. The summed E-state index contributed by atoms with van der Waals surface area (Å²) in [7, 11) is -3.11. The van der Waals surface area contributed by atoms with Crippen LogP contribution in [0, 0.1) is 75.7 Å². The monoisotopic (exact) mass is 592 g/mol. The number of halogens is 4. The molecule has 1 N–H and O–H groups in total. The first-order valence-electron chi connectivity index (χ1n) is 9.89. The summed E-state index contributed by atoms with van der Waals surface area (Å²) in [6.07, 6.45) is 0. The van der Waals surface area contributed by atoms with Gasteiger partial charge in [-0.2, -0.15) is 10.5 Å². The van der Waals surface area contributed by atoms with E-state index in [0.717, 1.165) is 0 Å². The summed E-state index contributed by atoms with van der Waals surface area (Å²) in [6, 6.07) is 15.6. The maximum absolute atomic E-state index is 13.4. The van der Waals surface area contributed by atoms with Gasteiger partial charge in [-0.15, -0.1) is 18.7 Å². The fourth-order valence-electron chi connectivity index (χ4n) is 2.33. The van der Waals surface area contributed by atoms with Gasteiger partial charge in [0.1, 0.15) is 0 Å². The Hall–Kier alpha value is -4.96. The van der Waals surface area contributed by atoms with E-state index in [-0.39, 0.29) is 40.7 Å². The zero-order valence-corrected chi connectivity index (χ0v) is 23.1. The molecule has 0 aliphatic heterocycles. The summed E-state index contributed by atoms with van der Waals surface area (Å²) in [6.45, 7) is 0. The smallest absolute Gasteiger partial charge is 0.478 e. The molecule has 0 spiro atoms. The molecule has 0 unspecified atom stereocenters. The molecule has 3 rings (SSSR count). The minimum atomic E-state index is -3.11. The van der Waals surface area contributed by atoms with Crippen LogP contribution in [0.15, 0.2) is 48.5 Å². The predicted octanol–water partition coefficient (Wildman–Crippen LogP) is 0.397. The standard InChI is InChI=1S/C16H4F4NO2.C10H5NO2.Na.O3S/c17-11-8-12(18)14(20)15(13(11)19)23-16(22)10-5-3-9(4-6-10)2-1-7-21;11-7-1-2-8-3-5-9(6-4-8)10(12)13;;1-4(2)3/h3-6H;3-6H,(H,12,13);;/q-1;;+1;. The van der Waals surface area contributed by atoms with Gasteiger partial charge in [-0.05, 0) is 48.5 Å². The summed E-state index contributed by atoms with van der Waals surface area (Å²) < 4.78 is 82.4. The Bertz CT molecular complexity index is 1710. The number of esters is 1. The summed E-state index contributed by atoms with van der Waals surface area (Å²) in [5.74, 6) is -1.68. The molecule has 0 atom stereocenters. The van der Waals surface area contributed by atoms with Crippen molar-refractivity contribution in [3.8, 4) is 41.6 Å². The van der Waals surface area contributed by atoms with Gasteiger partial charge < -0.3 is 9.84 Å². The molecule has 0 aromatic heterocycles. The zero-order valence-electron chi connectivity index (χ0n) is 20.3. The van der Waals surface area contributed by atoms with Crippen molar-refractivity contribution in [2.24, 2.45) is 0 Å². The van der Waals surface area contributed by atoms with Crippen molar-refractivity contribution >= 4 is 22.5 Å². The minimum Gasteiger partial charge on any atom is -0.478 e. The van der Waals surface area contributed by atoms with E-state index in [1.165, 1.54) is 42.5 Å². The average molecular weight is 592 g/mol. The van der Waals surface area contributed by atoms with Gasteiger partial charge in [0.2, 0.25) is 0 Å². The van der Waals surface area contributed by atoms with Crippen LogP contribution in [-0.4, -0.2) is 29.7 Å². The first kappa shape index (κ1) is 36.0. The van der Waals surface area contributed by atoms with Gasteiger partial charge in [0.25, 0.3) is 0 Å². The van der Waals surface area contributed by atoms with Crippen molar-refractivity contribution in [1.82, 2.24) is 0 Å². The number of carbonyl (C=O) groups excluding carboxylic acids is 1. The fraction of sp³-hybridized carbons (Fsp3) is 0. The molecule has 200 valence electrons. The van der Waals surface area contributed by atoms with Crippen molar-refractivity contribution in [1.29, 1.82) is 10.5 Å². The molecule has 0 bridgehead atoms. The number of rotatable bonds is 3. The number of nitrogens with zero attached hydrogens (tertiary/aromatic N) is 2. The van der Waals surface area contributed by atoms with Crippen LogP contribution < -0.4 is 34.3 Å². The Labute approximate surface area is 253 Å². The molecule has 0 radical (unpaired) electrons. The third-order valence-corrected chi connectivity index (χ3v) is 3.98. The zero-order chi connectivity index (χ0) is 30.2. The van der Waals surface area contributed by atoms with Crippen LogP contribution in [0.4, 0.5) is 17.6 Å². The Morgan fingerprint density at radius 3 is 1.46 bits per heavy atom. The van der Waals surface area contributed by atoms with Crippen molar-refractivity contribution in [2.75, 3.05) is 0 Å². The van der Waals surface area contributed by atoms with Gasteiger partial charge in [0.05, 0.1) is 40.1 Å². The molecule has 3 aromatic rings. The summed E-state index contributed by atoms with van der Waals surface area (Å²) in [5, 5.41) is 25.0. The number of carboxylic acids is 1. The van der Waals surface area contributed by atoms with E-state index in [2.05, 4.69) is 28.4 Å². The van der Waals surface area contributed by atoms with E-state index < -0.39 is 51.6 Å². The van der Waals surface area contributed by atoms with Crippen molar-refractivity contribution in [2.45, 2.75) is 0 Å². The van der Waals surface area contributed by atoms with Gasteiger partial charge >= 0.3 is 52.1 Å². The fourth-order valence-corrected chi connectivity index (χ4v) is 2.33. The number of nitriles is 2. The Balaban J connectivity index is 0.000000751. The van der Waals surface area contributed by atoms with E-state index in [1.54, 1.807) is 24.3 Å². The van der Waals surface area contributed by atoms with Crippen molar-refractivity contribution < 1.29 is 79.2 Å². The number of ether oxygens (including phenoxy) is 1. The molecule has 0 aliphatic rings. The first-order valence-corrected chi connectivity index (χ1v) is 10.9. The van der Waals surface area contributed by atoms with E-state index >= 15 is 0 Å². The van der Waals surface area contributed by atoms with E-state index in [9.17, 15) is 27.2 Å². The molecule has 0 saturated heterocycles. The van der Waals surface area contributed by atoms with Crippen molar-refractivity contribution in [3.63, 3.8) is 0 Å². The molecular weight excluding hydrogens is 583 g/mol. The largest absolute Gasteiger partial charge is 1.00 e. The number of aromatic carboxylic acids is 1. The molecule has 0 amide bonds. The Morgan fingerprint density at radius 2 is 1.12 bits per heavy atom. The van der Waals surface area contributed by atoms with Crippen LogP contribution in [-0.2, 0) is 10.6 Å². The van der Waals surface area contributed by atoms with Crippen LogP contribution in [0.25, 0.3) is 0 Å². The maximum Gasteiger partial charge on any atom is 1.00 e. The molecule has 15 heteroatoms. The molecule has 41 heavy (non-hydrogen) atoms. The Kier molecular flexibility index (Phi) is 16.1. The molecule has 0 saturated carbocycles. The minimum absolute atomic E-state index is 0. The van der Waals surface area contributed by atoms with Gasteiger partial charge in [-0.3, -0.25) is 8.78 Å². The third-order valence-electron chi connectivity index (χ3n) is 3.98. The molecule has 9 nitrogen and oxygen atoms in total. The summed E-state index contributed by atoms with van der Waals surface area (Å²) in [4.78, 5) is 22.2. The first-order chi connectivity index (χ1) is 18.9. The average Bonchev–Trinajstić information content (AvgIpc) is 2.92. The van der Waals surface area contributed by atoms with Crippen molar-refractivity contribution in [3.05, 3.63) is 100 Å². The van der Waals surface area contributed by atoms with Gasteiger partial charge in [0.15, 0.2) is 12.1 Å². The molecule has 3 aromatic carbocycles.